The molecule has 5 heterocycles. The average molecular weight is 1010 g/mol. The van der Waals surface area contributed by atoms with Crippen LogP contribution in [-0.2, 0) is 57.0 Å². The Morgan fingerprint density at radius 2 is 0.957 bits per heavy atom. The fourth-order valence-corrected chi connectivity index (χ4v) is 8.87. The maximum absolute atomic E-state index is 12.2. The van der Waals surface area contributed by atoms with Gasteiger partial charge in [-0.3, -0.25) is 9.59 Å². The average Bonchev–Trinajstić information content (AvgIpc) is 3.32. The van der Waals surface area contributed by atoms with Gasteiger partial charge in [-0.15, -0.1) is 0 Å². The molecule has 0 unspecified atom stereocenters. The summed E-state index contributed by atoms with van der Waals surface area (Å²) in [6.45, 7) is 0.518. The van der Waals surface area contributed by atoms with Crippen molar-refractivity contribution in [1.82, 2.24) is 10.6 Å². The topological polar surface area (TPSA) is 413 Å². The van der Waals surface area contributed by atoms with Gasteiger partial charge >= 0.3 is 0 Å². The van der Waals surface area contributed by atoms with E-state index in [0.717, 1.165) is 46.0 Å². The minimum atomic E-state index is -1.94. The molecule has 2 amide bonds. The van der Waals surface area contributed by atoms with Crippen LogP contribution in [0.2, 0.25) is 0 Å². The van der Waals surface area contributed by atoms with E-state index in [2.05, 4.69) is 17.6 Å². The van der Waals surface area contributed by atoms with Crippen molar-refractivity contribution in [2.75, 3.05) is 39.6 Å². The van der Waals surface area contributed by atoms with E-state index in [1.807, 2.05) is 0 Å². The molecule has 0 aromatic rings. The van der Waals surface area contributed by atoms with Gasteiger partial charge in [-0.25, -0.2) is 0 Å². The number of hydrogen-bond acceptors (Lipinski definition) is 25. The van der Waals surface area contributed by atoms with E-state index in [9.17, 15) is 76.0 Å². The minimum Gasteiger partial charge on any atom is -0.394 e. The van der Waals surface area contributed by atoms with E-state index < -0.39 is 192 Å². The highest BCUT2D eigenvalue weighted by atomic mass is 16.8. The molecule has 5 rings (SSSR count). The fourth-order valence-electron chi connectivity index (χ4n) is 8.87. The lowest BCUT2D eigenvalue weighted by Crippen LogP contribution is -2.68. The van der Waals surface area contributed by atoms with E-state index in [-0.39, 0.29) is 13.0 Å². The molecule has 402 valence electrons. The standard InChI is InChI=1S/C42H74N2O25/c1-4-5-6-7-8-9-10-60-40-34(59)36(68-42-35(20(51)11-19(12-45)62-42)67-38-25(43-17(2)49)31(56)27(52)21(13-46)63-38)30(55)24(66-40)16-61-41-37(33(58)29(54)23(15-48)65-41)69-39-26(44-18(3)50)32(57)28(53)22(14-47)64-39/h19-42,45-48,51-59H,4-16H2,1-3H3,(H,43,49)(H,44,50)/t19-,20-,21+,22+,23+,24+,25+,26+,27+,28+,29+,30+,31+,32+,33-,34-,35-,36-,37-,38-,39-,40+,41-,42+/m0/s1. The lowest BCUT2D eigenvalue weighted by atomic mass is 9.95. The van der Waals surface area contributed by atoms with Gasteiger partial charge in [0.2, 0.25) is 11.8 Å². The summed E-state index contributed by atoms with van der Waals surface area (Å²) >= 11 is 0. The predicted octanol–water partition coefficient (Wildman–Crippen LogP) is -7.22. The molecule has 5 aliphatic rings. The van der Waals surface area contributed by atoms with Crippen LogP contribution in [-0.4, -0.2) is 265 Å². The van der Waals surface area contributed by atoms with Crippen LogP contribution < -0.4 is 10.6 Å². The third-order valence-electron chi connectivity index (χ3n) is 12.7. The summed E-state index contributed by atoms with van der Waals surface area (Å²) in [5.41, 5.74) is 0. The number of hydrogen-bond donors (Lipinski definition) is 15. The van der Waals surface area contributed by atoms with Crippen molar-refractivity contribution in [2.24, 2.45) is 0 Å². The highest BCUT2D eigenvalue weighted by molar-refractivity contribution is 5.73. The van der Waals surface area contributed by atoms with Crippen LogP contribution >= 0.6 is 0 Å². The first kappa shape index (κ1) is 57.9. The Bertz CT molecular complexity index is 1540. The van der Waals surface area contributed by atoms with Crippen LogP contribution in [0.5, 0.6) is 0 Å². The zero-order valence-corrected chi connectivity index (χ0v) is 38.8. The molecule has 5 fully saturated rings. The summed E-state index contributed by atoms with van der Waals surface area (Å²) in [5.74, 6) is -1.37. The van der Waals surface area contributed by atoms with E-state index in [1.165, 1.54) is 0 Å². The summed E-state index contributed by atoms with van der Waals surface area (Å²) < 4.78 is 59.4. The predicted molar refractivity (Wildman–Crippen MR) is 225 cm³/mol. The monoisotopic (exact) mass is 1010 g/mol. The zero-order chi connectivity index (χ0) is 50.7. The lowest BCUT2D eigenvalue weighted by Gasteiger charge is -2.48. The largest absolute Gasteiger partial charge is 0.394 e. The first-order valence-electron chi connectivity index (χ1n) is 23.5. The number of unbranched alkanes of at least 4 members (excludes halogenated alkanes) is 5. The van der Waals surface area contributed by atoms with Crippen LogP contribution in [0.1, 0.15) is 65.7 Å². The van der Waals surface area contributed by atoms with Crippen molar-refractivity contribution in [3.05, 3.63) is 0 Å². The van der Waals surface area contributed by atoms with E-state index in [0.29, 0.717) is 6.42 Å². The fraction of sp³-hybridized carbons (Fsp3) is 0.952. The van der Waals surface area contributed by atoms with Gasteiger partial charge in [-0.1, -0.05) is 39.0 Å². The number of aliphatic hydroxyl groups is 13. The Morgan fingerprint density at radius 1 is 0.478 bits per heavy atom. The molecule has 0 bridgehead atoms. The van der Waals surface area contributed by atoms with Crippen LogP contribution in [0.15, 0.2) is 0 Å². The summed E-state index contributed by atoms with van der Waals surface area (Å²) in [5, 5.41) is 145. The summed E-state index contributed by atoms with van der Waals surface area (Å²) in [7, 11) is 0. The Balaban J connectivity index is 1.41. The van der Waals surface area contributed by atoms with Gasteiger partial charge in [0.05, 0.1) is 45.2 Å². The molecule has 27 heteroatoms. The number of rotatable bonds is 23. The van der Waals surface area contributed by atoms with E-state index in [4.69, 9.17) is 47.4 Å². The normalized spacial score (nSPS) is 44.1. The second kappa shape index (κ2) is 27.3. The molecule has 0 aliphatic carbocycles. The van der Waals surface area contributed by atoms with Gasteiger partial charge in [-0.2, -0.15) is 0 Å². The highest BCUT2D eigenvalue weighted by Crippen LogP contribution is 2.35. The Labute approximate surface area is 398 Å². The number of aliphatic hydroxyl groups excluding tert-OH is 13. The van der Waals surface area contributed by atoms with Crippen LogP contribution in [0.25, 0.3) is 0 Å². The van der Waals surface area contributed by atoms with Gasteiger partial charge in [0.15, 0.2) is 31.5 Å². The third kappa shape index (κ3) is 14.6. The highest BCUT2D eigenvalue weighted by Gasteiger charge is 2.55. The van der Waals surface area contributed by atoms with Crippen molar-refractivity contribution >= 4 is 11.8 Å². The molecule has 5 saturated heterocycles. The molecule has 0 aromatic carbocycles. The van der Waals surface area contributed by atoms with Gasteiger partial charge in [0, 0.05) is 26.9 Å². The van der Waals surface area contributed by atoms with E-state index >= 15 is 0 Å². The minimum absolute atomic E-state index is 0.0567. The maximum atomic E-state index is 12.2. The third-order valence-corrected chi connectivity index (χ3v) is 12.7. The van der Waals surface area contributed by atoms with Crippen molar-refractivity contribution in [3.63, 3.8) is 0 Å². The number of amides is 2. The van der Waals surface area contributed by atoms with Gasteiger partial charge in [-0.05, 0) is 6.42 Å². The van der Waals surface area contributed by atoms with Crippen molar-refractivity contribution < 1.29 is 123 Å². The van der Waals surface area contributed by atoms with E-state index in [1.54, 1.807) is 0 Å². The molecule has 0 spiro atoms. The van der Waals surface area contributed by atoms with Crippen molar-refractivity contribution in [1.29, 1.82) is 0 Å². The molecule has 24 atom stereocenters. The molecular weight excluding hydrogens is 932 g/mol. The Kier molecular flexibility index (Phi) is 23.0. The summed E-state index contributed by atoms with van der Waals surface area (Å²) in [6, 6.07) is -2.99. The second-order valence-electron chi connectivity index (χ2n) is 18.0. The molecule has 27 nitrogen and oxygen atoms in total. The second-order valence-corrected chi connectivity index (χ2v) is 18.0. The van der Waals surface area contributed by atoms with Crippen molar-refractivity contribution in [3.8, 4) is 0 Å². The molecule has 69 heavy (non-hydrogen) atoms. The van der Waals surface area contributed by atoms with Crippen molar-refractivity contribution in [2.45, 2.75) is 213 Å². The van der Waals surface area contributed by atoms with Crippen LogP contribution in [0.3, 0.4) is 0 Å². The Hall–Kier alpha value is -1.98. The molecule has 0 radical (unpaired) electrons. The molecule has 0 aromatic heterocycles. The molecule has 15 N–H and O–H groups in total. The van der Waals surface area contributed by atoms with Gasteiger partial charge in [0.1, 0.15) is 104 Å². The Morgan fingerprint density at radius 3 is 1.48 bits per heavy atom. The summed E-state index contributed by atoms with van der Waals surface area (Å²) in [6.07, 6.45) is -31.7. The SMILES string of the molecule is CCCCCCCCO[C@@H]1O[C@H](CO[C@H]2O[C@H](CO)[C@@H](O)[C@H](O)[C@@H]2O[C@@H]2O[C@H](CO)[C@@H](O)[C@H](O)[C@H]2NC(C)=O)[C@@H](O)[C@H](O[C@H]2O[C@H](CO)C[C@H](O)[C@@H]2O[C@@H]2O[C@H](CO)[C@@H](O)[C@H](O)[C@H]2NC(C)=O)[C@@H]1O. The van der Waals surface area contributed by atoms with Gasteiger partial charge < -0.3 is 124 Å². The van der Waals surface area contributed by atoms with Crippen LogP contribution in [0.4, 0.5) is 0 Å². The molecule has 5 aliphatic heterocycles. The maximum Gasteiger partial charge on any atom is 0.217 e. The molecule has 0 saturated carbocycles. The number of carbonyl (C=O) groups is 2. The lowest BCUT2D eigenvalue weighted by molar-refractivity contribution is -0.380. The number of ether oxygens (including phenoxy) is 10. The molecular formula is C42H74N2O25. The first-order chi connectivity index (χ1) is 32.9. The van der Waals surface area contributed by atoms with Gasteiger partial charge in [0.25, 0.3) is 0 Å². The quantitative estimate of drug-likeness (QED) is 0.0423. The first-order valence-corrected chi connectivity index (χ1v) is 23.5. The summed E-state index contributed by atoms with van der Waals surface area (Å²) in [4.78, 5) is 24.3. The zero-order valence-electron chi connectivity index (χ0n) is 38.8. The number of nitrogens with one attached hydrogen (secondary N) is 2. The smallest absolute Gasteiger partial charge is 0.217 e. The van der Waals surface area contributed by atoms with Crippen LogP contribution in [0, 0.1) is 0 Å². The number of carbonyl (C=O) groups excluding carboxylic acids is 2.